The molecule has 0 unspecified atom stereocenters. The molecule has 0 fully saturated rings. The Balaban J connectivity index is 1.17. The van der Waals surface area contributed by atoms with Crippen molar-refractivity contribution in [2.45, 2.75) is 26.2 Å². The van der Waals surface area contributed by atoms with Crippen LogP contribution in [0.1, 0.15) is 26.3 Å². The molecule has 0 saturated carbocycles. The molecule has 3 aromatic carbocycles. The van der Waals surface area contributed by atoms with Crippen LogP contribution < -0.4 is 14.5 Å². The van der Waals surface area contributed by atoms with E-state index in [1.165, 1.54) is 10.9 Å². The summed E-state index contributed by atoms with van der Waals surface area (Å²) in [5.74, 6) is 3.02. The number of hydrogen-bond acceptors (Lipinski definition) is 6. The molecule has 5 heterocycles. The zero-order valence-corrected chi connectivity index (χ0v) is 25.4. The molecule has 0 radical (unpaired) electrons. The number of nitrogens with zero attached hydrogens (tertiary/aromatic N) is 6. The third-order valence-electron chi connectivity index (χ3n) is 8.41. The summed E-state index contributed by atoms with van der Waals surface area (Å²) >= 11 is 0. The van der Waals surface area contributed by atoms with Gasteiger partial charge in [-0.3, -0.25) is 4.57 Å². The highest BCUT2D eigenvalue weighted by Crippen LogP contribution is 2.44. The number of aromatic nitrogens is 4. The van der Waals surface area contributed by atoms with E-state index in [0.29, 0.717) is 18.3 Å². The highest BCUT2D eigenvalue weighted by molar-refractivity contribution is 6.09. The Hall–Kier alpha value is -5.69. The molecular weight excluding hydrogens is 556 g/mol. The zero-order chi connectivity index (χ0) is 30.5. The van der Waals surface area contributed by atoms with Gasteiger partial charge in [0.05, 0.1) is 22.4 Å². The van der Waals surface area contributed by atoms with Gasteiger partial charge in [0.15, 0.2) is 0 Å². The van der Waals surface area contributed by atoms with Crippen LogP contribution in [0.3, 0.4) is 0 Å². The average Bonchev–Trinajstić information content (AvgIpc) is 3.61. The molecule has 1 aliphatic heterocycles. The predicted octanol–water partition coefficient (Wildman–Crippen LogP) is 9.31. The maximum Gasteiger partial charge on any atom is 0.221 e. The summed E-state index contributed by atoms with van der Waals surface area (Å²) < 4.78 is 8.68. The molecule has 220 valence electrons. The molecule has 1 aliphatic rings. The monoisotopic (exact) mass is 588 g/mol. The molecule has 0 saturated heterocycles. The minimum absolute atomic E-state index is 0.00585. The molecule has 7 aromatic rings. The lowest BCUT2D eigenvalue weighted by atomic mass is 9.88. The lowest BCUT2D eigenvalue weighted by Crippen LogP contribution is -2.24. The highest BCUT2D eigenvalue weighted by Gasteiger charge is 2.28. The fourth-order valence-electron chi connectivity index (χ4n) is 6.16. The molecule has 45 heavy (non-hydrogen) atoms. The van der Waals surface area contributed by atoms with Crippen LogP contribution >= 0.6 is 0 Å². The van der Waals surface area contributed by atoms with Gasteiger partial charge in [-0.05, 0) is 71.6 Å². The Morgan fingerprint density at radius 2 is 1.33 bits per heavy atom. The minimum Gasteiger partial charge on any atom is -0.439 e. The van der Waals surface area contributed by atoms with E-state index >= 15 is 0 Å². The van der Waals surface area contributed by atoms with E-state index in [9.17, 15) is 0 Å². The van der Waals surface area contributed by atoms with Crippen LogP contribution in [0.4, 0.5) is 22.9 Å². The van der Waals surface area contributed by atoms with Gasteiger partial charge in [0.1, 0.15) is 24.1 Å². The number of rotatable bonds is 5. The summed E-state index contributed by atoms with van der Waals surface area (Å²) in [5.41, 5.74) is 6.58. The number of ether oxygens (including phenoxy) is 1. The van der Waals surface area contributed by atoms with Crippen molar-refractivity contribution in [2.24, 2.45) is 0 Å². The molecule has 0 spiro atoms. The second-order valence-electron chi connectivity index (χ2n) is 12.3. The smallest absolute Gasteiger partial charge is 0.221 e. The summed E-state index contributed by atoms with van der Waals surface area (Å²) in [7, 11) is 0. The number of para-hydroxylation sites is 3. The Morgan fingerprint density at radius 3 is 2.16 bits per heavy atom. The van der Waals surface area contributed by atoms with Crippen molar-refractivity contribution in [1.82, 2.24) is 19.5 Å². The number of anilines is 4. The lowest BCUT2D eigenvalue weighted by molar-refractivity contribution is 0.463. The van der Waals surface area contributed by atoms with E-state index in [1.807, 2.05) is 48.8 Å². The third-order valence-corrected chi connectivity index (χ3v) is 8.41. The summed E-state index contributed by atoms with van der Waals surface area (Å²) in [6.07, 6.45) is 5.53. The summed E-state index contributed by atoms with van der Waals surface area (Å²) in [5, 5.41) is 2.32. The highest BCUT2D eigenvalue weighted by atomic mass is 16.5. The van der Waals surface area contributed by atoms with Gasteiger partial charge in [-0.25, -0.2) is 15.0 Å². The summed E-state index contributed by atoms with van der Waals surface area (Å²) in [4.78, 5) is 18.5. The van der Waals surface area contributed by atoms with Crippen molar-refractivity contribution in [3.63, 3.8) is 0 Å². The molecule has 0 aliphatic carbocycles. The molecule has 4 aromatic heterocycles. The first-order valence-electron chi connectivity index (χ1n) is 15.1. The Bertz CT molecular complexity index is 2180. The molecular formula is C38H32N6O. The second-order valence-corrected chi connectivity index (χ2v) is 12.3. The van der Waals surface area contributed by atoms with Gasteiger partial charge >= 0.3 is 0 Å². The van der Waals surface area contributed by atoms with Gasteiger partial charge in [-0.2, -0.15) is 0 Å². The maximum absolute atomic E-state index is 6.45. The molecule has 0 bridgehead atoms. The topological polar surface area (TPSA) is 59.3 Å². The summed E-state index contributed by atoms with van der Waals surface area (Å²) in [6.45, 7) is 7.30. The normalized spacial score (nSPS) is 13.0. The van der Waals surface area contributed by atoms with Crippen LogP contribution in [0, 0.1) is 0 Å². The van der Waals surface area contributed by atoms with Gasteiger partial charge in [0.2, 0.25) is 5.88 Å². The SMILES string of the molecule is CC(C)(C)c1ccnc(-n2c3ccccc3c3ccc(Oc4cc(N5CN(c6ccccn6)c6ccccc65)ccn4)cc32)c1. The fourth-order valence-corrected chi connectivity index (χ4v) is 6.16. The Morgan fingerprint density at radius 1 is 0.600 bits per heavy atom. The molecule has 7 nitrogen and oxygen atoms in total. The first-order valence-corrected chi connectivity index (χ1v) is 15.1. The van der Waals surface area contributed by atoms with Crippen LogP contribution in [0.2, 0.25) is 0 Å². The van der Waals surface area contributed by atoms with Crippen molar-refractivity contribution >= 4 is 44.7 Å². The number of benzene rings is 3. The van der Waals surface area contributed by atoms with E-state index in [-0.39, 0.29) is 5.41 Å². The molecule has 0 amide bonds. The quantitative estimate of drug-likeness (QED) is 0.200. The van der Waals surface area contributed by atoms with E-state index in [2.05, 4.69) is 118 Å². The van der Waals surface area contributed by atoms with E-state index in [0.717, 1.165) is 45.1 Å². The van der Waals surface area contributed by atoms with Crippen LogP contribution in [-0.2, 0) is 5.41 Å². The number of pyridine rings is 3. The second kappa shape index (κ2) is 10.5. The van der Waals surface area contributed by atoms with Crippen molar-refractivity contribution in [3.8, 4) is 17.4 Å². The lowest BCUT2D eigenvalue weighted by Gasteiger charge is -2.21. The van der Waals surface area contributed by atoms with E-state index in [1.54, 1.807) is 6.20 Å². The van der Waals surface area contributed by atoms with Crippen LogP contribution in [0.25, 0.3) is 27.6 Å². The Labute approximate surface area is 262 Å². The van der Waals surface area contributed by atoms with E-state index < -0.39 is 0 Å². The number of fused-ring (bicyclic) bond motifs is 4. The standard InChI is InChI=1S/C38H32N6O/c1-38(2,3)26-17-20-40-36(22-26)44-31-11-5-4-10-29(31)30-16-15-28(24-34(30)44)45-37-23-27(18-21-41-37)42-25-43(35-14-8-9-19-39-35)33-13-7-6-12-32(33)42/h4-24H,25H2,1-3H3. The van der Waals surface area contributed by atoms with Crippen molar-refractivity contribution in [1.29, 1.82) is 0 Å². The van der Waals surface area contributed by atoms with Crippen LogP contribution in [0.5, 0.6) is 11.6 Å². The van der Waals surface area contributed by atoms with Crippen LogP contribution in [-0.4, -0.2) is 26.2 Å². The molecule has 8 rings (SSSR count). The van der Waals surface area contributed by atoms with Gasteiger partial charge in [0, 0.05) is 47.2 Å². The molecule has 0 atom stereocenters. The Kier molecular flexibility index (Phi) is 6.27. The van der Waals surface area contributed by atoms with Gasteiger partial charge < -0.3 is 14.5 Å². The zero-order valence-electron chi connectivity index (χ0n) is 25.4. The van der Waals surface area contributed by atoms with Crippen molar-refractivity contribution in [3.05, 3.63) is 133 Å². The number of hydrogen-bond donors (Lipinski definition) is 0. The summed E-state index contributed by atoms with van der Waals surface area (Å²) in [6, 6.07) is 37.3. The minimum atomic E-state index is 0.00585. The van der Waals surface area contributed by atoms with Crippen molar-refractivity contribution in [2.75, 3.05) is 16.5 Å². The molecule has 7 heteroatoms. The average molecular weight is 589 g/mol. The van der Waals surface area contributed by atoms with Crippen molar-refractivity contribution < 1.29 is 4.74 Å². The van der Waals surface area contributed by atoms with E-state index in [4.69, 9.17) is 9.72 Å². The molecule has 0 N–H and O–H groups in total. The first kappa shape index (κ1) is 26.9. The largest absolute Gasteiger partial charge is 0.439 e. The van der Waals surface area contributed by atoms with Gasteiger partial charge in [-0.15, -0.1) is 0 Å². The maximum atomic E-state index is 6.45. The predicted molar refractivity (Wildman–Crippen MR) is 181 cm³/mol. The van der Waals surface area contributed by atoms with Gasteiger partial charge in [-0.1, -0.05) is 57.2 Å². The third kappa shape index (κ3) is 4.73. The first-order chi connectivity index (χ1) is 21.9. The van der Waals surface area contributed by atoms with Gasteiger partial charge in [0.25, 0.3) is 0 Å². The van der Waals surface area contributed by atoms with Crippen LogP contribution in [0.15, 0.2) is 128 Å². The fraction of sp³-hybridized carbons (Fsp3) is 0.132.